The molecule has 1 aromatic rings. The summed E-state index contributed by atoms with van der Waals surface area (Å²) in [5.74, 6) is 0.432. The molecule has 0 aliphatic carbocycles. The molecule has 106 valence electrons. The zero-order valence-corrected chi connectivity index (χ0v) is 12.3. The first kappa shape index (κ1) is 14.4. The second-order valence-electron chi connectivity index (χ2n) is 5.74. The van der Waals surface area contributed by atoms with Gasteiger partial charge in [-0.1, -0.05) is 25.1 Å². The number of piperidine rings is 1. The van der Waals surface area contributed by atoms with Gasteiger partial charge in [-0.25, -0.2) is 0 Å². The maximum atomic E-state index is 10.1. The summed E-state index contributed by atoms with van der Waals surface area (Å²) in [5.41, 5.74) is 1.07. The van der Waals surface area contributed by atoms with Crippen molar-refractivity contribution in [3.8, 4) is 5.75 Å². The van der Waals surface area contributed by atoms with Crippen molar-refractivity contribution >= 4 is 0 Å². The minimum Gasteiger partial charge on any atom is -0.508 e. The summed E-state index contributed by atoms with van der Waals surface area (Å²) in [5, 5.41) is 10.1. The van der Waals surface area contributed by atoms with Crippen molar-refractivity contribution in [3.63, 3.8) is 0 Å². The predicted octanol–water partition coefficient (Wildman–Crippen LogP) is 2.87. The van der Waals surface area contributed by atoms with Gasteiger partial charge in [-0.05, 0) is 46.0 Å². The van der Waals surface area contributed by atoms with Crippen LogP contribution in [-0.4, -0.2) is 48.1 Å². The molecule has 1 N–H and O–H groups in total. The van der Waals surface area contributed by atoms with Crippen LogP contribution in [0.4, 0.5) is 0 Å². The molecule has 1 aliphatic heterocycles. The van der Waals surface area contributed by atoms with Crippen molar-refractivity contribution in [1.29, 1.82) is 0 Å². The quantitative estimate of drug-likeness (QED) is 0.904. The molecule has 0 radical (unpaired) electrons. The van der Waals surface area contributed by atoms with E-state index >= 15 is 0 Å². The molecule has 3 nitrogen and oxygen atoms in total. The lowest BCUT2D eigenvalue weighted by Gasteiger charge is -2.40. The lowest BCUT2D eigenvalue weighted by Crippen LogP contribution is -2.46. The Bertz CT molecular complexity index is 405. The fourth-order valence-corrected chi connectivity index (χ4v) is 3.13. The van der Waals surface area contributed by atoms with Crippen molar-refractivity contribution in [1.82, 2.24) is 9.80 Å². The molecule has 0 spiro atoms. The van der Waals surface area contributed by atoms with Crippen LogP contribution in [0.1, 0.15) is 37.8 Å². The van der Waals surface area contributed by atoms with Crippen LogP contribution in [0.15, 0.2) is 24.3 Å². The van der Waals surface area contributed by atoms with Gasteiger partial charge in [0.1, 0.15) is 5.75 Å². The maximum absolute atomic E-state index is 10.1. The largest absolute Gasteiger partial charge is 0.508 e. The van der Waals surface area contributed by atoms with Gasteiger partial charge in [-0.15, -0.1) is 0 Å². The first-order chi connectivity index (χ1) is 9.13. The Labute approximate surface area is 116 Å². The zero-order chi connectivity index (χ0) is 13.8. The Morgan fingerprint density at radius 2 is 2.11 bits per heavy atom. The highest BCUT2D eigenvalue weighted by molar-refractivity contribution is 5.34. The summed E-state index contributed by atoms with van der Waals surface area (Å²) < 4.78 is 0. The molecule has 1 fully saturated rings. The molecule has 2 unspecified atom stereocenters. The summed E-state index contributed by atoms with van der Waals surface area (Å²) in [7, 11) is 4.32. The molecule has 1 aliphatic rings. The lowest BCUT2D eigenvalue weighted by atomic mass is 9.97. The van der Waals surface area contributed by atoms with Crippen LogP contribution < -0.4 is 0 Å². The summed E-state index contributed by atoms with van der Waals surface area (Å²) in [6, 6.07) is 8.74. The molecule has 1 aromatic carbocycles. The molecule has 0 aromatic heterocycles. The molecule has 1 saturated heterocycles. The third-order valence-corrected chi connectivity index (χ3v) is 4.28. The lowest BCUT2D eigenvalue weighted by molar-refractivity contribution is 0.0925. The van der Waals surface area contributed by atoms with Gasteiger partial charge in [0.15, 0.2) is 0 Å². The van der Waals surface area contributed by atoms with Gasteiger partial charge in [-0.3, -0.25) is 4.90 Å². The van der Waals surface area contributed by atoms with Gasteiger partial charge in [-0.2, -0.15) is 0 Å². The van der Waals surface area contributed by atoms with Crippen molar-refractivity contribution in [2.45, 2.75) is 38.3 Å². The highest BCUT2D eigenvalue weighted by Gasteiger charge is 2.27. The Hall–Kier alpha value is -1.06. The van der Waals surface area contributed by atoms with E-state index in [2.05, 4.69) is 36.9 Å². The normalized spacial score (nSPS) is 22.6. The van der Waals surface area contributed by atoms with Crippen molar-refractivity contribution < 1.29 is 5.11 Å². The standard InChI is InChI=1S/C16H26N2O/c1-4-15(14-9-5-6-10-16(14)19)18-11-7-8-13(12-18)17(2)3/h5-6,9-10,13,15,19H,4,7-8,11-12H2,1-3H3. The van der Waals surface area contributed by atoms with E-state index in [1.54, 1.807) is 6.07 Å². The molecule has 19 heavy (non-hydrogen) atoms. The van der Waals surface area contributed by atoms with Crippen molar-refractivity contribution in [2.75, 3.05) is 27.2 Å². The van der Waals surface area contributed by atoms with Crippen LogP contribution in [0.25, 0.3) is 0 Å². The predicted molar refractivity (Wildman–Crippen MR) is 79.4 cm³/mol. The van der Waals surface area contributed by atoms with Crippen molar-refractivity contribution in [2.24, 2.45) is 0 Å². The van der Waals surface area contributed by atoms with Crippen molar-refractivity contribution in [3.05, 3.63) is 29.8 Å². The van der Waals surface area contributed by atoms with Crippen LogP contribution in [0.3, 0.4) is 0 Å². The number of likely N-dealkylation sites (tertiary alicyclic amines) is 1. The average molecular weight is 262 g/mol. The minimum atomic E-state index is 0.337. The smallest absolute Gasteiger partial charge is 0.120 e. The monoisotopic (exact) mass is 262 g/mol. The van der Waals surface area contributed by atoms with Crippen LogP contribution in [0.5, 0.6) is 5.75 Å². The number of rotatable bonds is 4. The first-order valence-electron chi connectivity index (χ1n) is 7.31. The number of hydrogen-bond acceptors (Lipinski definition) is 3. The van der Waals surface area contributed by atoms with E-state index in [9.17, 15) is 5.11 Å². The van der Waals surface area contributed by atoms with E-state index in [0.29, 0.717) is 17.8 Å². The van der Waals surface area contributed by atoms with E-state index < -0.39 is 0 Å². The number of benzene rings is 1. The summed E-state index contributed by atoms with van der Waals surface area (Å²) in [4.78, 5) is 4.85. The molecule has 1 heterocycles. The third kappa shape index (κ3) is 3.28. The Kier molecular flexibility index (Phi) is 4.83. The van der Waals surface area contributed by atoms with Gasteiger partial charge in [0.2, 0.25) is 0 Å². The summed E-state index contributed by atoms with van der Waals surface area (Å²) in [6.07, 6.45) is 3.56. The summed E-state index contributed by atoms with van der Waals surface area (Å²) in [6.45, 7) is 4.44. The average Bonchev–Trinajstić information content (AvgIpc) is 2.42. The SMILES string of the molecule is CCC(c1ccccc1O)N1CCCC(N(C)C)C1. The second-order valence-corrected chi connectivity index (χ2v) is 5.74. The Morgan fingerprint density at radius 3 is 2.74 bits per heavy atom. The highest BCUT2D eigenvalue weighted by atomic mass is 16.3. The summed E-state index contributed by atoms with van der Waals surface area (Å²) >= 11 is 0. The molecule has 2 rings (SSSR count). The van der Waals surface area contributed by atoms with Crippen LogP contribution in [0.2, 0.25) is 0 Å². The molecule has 2 atom stereocenters. The number of phenolic OH excluding ortho intramolecular Hbond substituents is 1. The highest BCUT2D eigenvalue weighted by Crippen LogP contribution is 2.33. The van der Waals surface area contributed by atoms with E-state index in [0.717, 1.165) is 25.1 Å². The van der Waals surface area contributed by atoms with Gasteiger partial charge in [0, 0.05) is 24.2 Å². The van der Waals surface area contributed by atoms with Gasteiger partial charge in [0.25, 0.3) is 0 Å². The number of nitrogens with zero attached hydrogens (tertiary/aromatic N) is 2. The Morgan fingerprint density at radius 1 is 1.37 bits per heavy atom. The molecular weight excluding hydrogens is 236 g/mol. The number of likely N-dealkylation sites (N-methyl/N-ethyl adjacent to an activating group) is 1. The van der Waals surface area contributed by atoms with Gasteiger partial charge < -0.3 is 10.0 Å². The number of hydrogen-bond donors (Lipinski definition) is 1. The van der Waals surface area contributed by atoms with E-state index in [-0.39, 0.29) is 0 Å². The van der Waals surface area contributed by atoms with E-state index in [1.165, 1.54) is 12.8 Å². The van der Waals surface area contributed by atoms with Crippen LogP contribution in [0, 0.1) is 0 Å². The van der Waals surface area contributed by atoms with Crippen LogP contribution >= 0.6 is 0 Å². The maximum Gasteiger partial charge on any atom is 0.120 e. The fraction of sp³-hybridized carbons (Fsp3) is 0.625. The molecule has 3 heteroatoms. The second kappa shape index (κ2) is 6.40. The topological polar surface area (TPSA) is 26.7 Å². The third-order valence-electron chi connectivity index (χ3n) is 4.28. The zero-order valence-electron chi connectivity index (χ0n) is 12.3. The van der Waals surface area contributed by atoms with E-state index in [1.807, 2.05) is 12.1 Å². The number of phenols is 1. The minimum absolute atomic E-state index is 0.337. The molecule has 0 bridgehead atoms. The fourth-order valence-electron chi connectivity index (χ4n) is 3.13. The Balaban J connectivity index is 2.16. The molecular formula is C16H26N2O. The van der Waals surface area contributed by atoms with Gasteiger partial charge >= 0.3 is 0 Å². The number of para-hydroxylation sites is 1. The van der Waals surface area contributed by atoms with Gasteiger partial charge in [0.05, 0.1) is 0 Å². The first-order valence-corrected chi connectivity index (χ1v) is 7.31. The van der Waals surface area contributed by atoms with E-state index in [4.69, 9.17) is 0 Å². The number of aromatic hydroxyl groups is 1. The van der Waals surface area contributed by atoms with Crippen LogP contribution in [-0.2, 0) is 0 Å². The molecule has 0 amide bonds. The molecule has 0 saturated carbocycles.